The lowest BCUT2D eigenvalue weighted by atomic mass is 10.0. The average molecular weight is 262 g/mol. The zero-order chi connectivity index (χ0) is 13.7. The fourth-order valence-electron chi connectivity index (χ4n) is 2.34. The summed E-state index contributed by atoms with van der Waals surface area (Å²) in [6.45, 7) is 3.35. The molecule has 1 heterocycles. The Kier molecular flexibility index (Phi) is 4.56. The summed E-state index contributed by atoms with van der Waals surface area (Å²) in [7, 11) is 0. The van der Waals surface area contributed by atoms with Crippen molar-refractivity contribution < 1.29 is 9.53 Å². The number of hydrogen-bond donors (Lipinski definition) is 2. The third-order valence-corrected chi connectivity index (χ3v) is 3.57. The van der Waals surface area contributed by atoms with Gasteiger partial charge >= 0.3 is 0 Å². The molecular weight excluding hydrogens is 240 g/mol. The van der Waals surface area contributed by atoms with E-state index < -0.39 is 6.04 Å². The van der Waals surface area contributed by atoms with E-state index in [1.165, 1.54) is 0 Å². The zero-order valence-corrected chi connectivity index (χ0v) is 11.4. The molecule has 0 aliphatic carbocycles. The van der Waals surface area contributed by atoms with Crippen molar-refractivity contribution in [3.05, 3.63) is 35.9 Å². The van der Waals surface area contributed by atoms with Crippen LogP contribution in [0.3, 0.4) is 0 Å². The van der Waals surface area contributed by atoms with E-state index in [9.17, 15) is 4.79 Å². The molecule has 4 nitrogen and oxygen atoms in total. The van der Waals surface area contributed by atoms with Crippen LogP contribution in [0.15, 0.2) is 30.3 Å². The molecule has 1 aliphatic rings. The molecule has 0 saturated carbocycles. The molecule has 1 saturated heterocycles. The van der Waals surface area contributed by atoms with Gasteiger partial charge in [0.05, 0.1) is 11.6 Å². The van der Waals surface area contributed by atoms with E-state index in [1.807, 2.05) is 37.3 Å². The van der Waals surface area contributed by atoms with Crippen LogP contribution in [0.5, 0.6) is 0 Å². The summed E-state index contributed by atoms with van der Waals surface area (Å²) in [5.41, 5.74) is 6.78. The Hall–Kier alpha value is -1.39. The number of amides is 1. The second kappa shape index (κ2) is 6.17. The van der Waals surface area contributed by atoms with Crippen molar-refractivity contribution in [2.75, 3.05) is 13.2 Å². The largest absolute Gasteiger partial charge is 0.373 e. The first-order chi connectivity index (χ1) is 9.09. The number of carbonyl (C=O) groups excluding carboxylic acids is 1. The van der Waals surface area contributed by atoms with Gasteiger partial charge in [0.15, 0.2) is 0 Å². The Bertz CT molecular complexity index is 413. The van der Waals surface area contributed by atoms with Gasteiger partial charge in [0.25, 0.3) is 0 Å². The van der Waals surface area contributed by atoms with E-state index in [1.54, 1.807) is 0 Å². The highest BCUT2D eigenvalue weighted by Crippen LogP contribution is 2.23. The molecule has 0 bridgehead atoms. The number of carbonyl (C=O) groups is 1. The number of benzene rings is 1. The first-order valence-corrected chi connectivity index (χ1v) is 6.80. The lowest BCUT2D eigenvalue weighted by Gasteiger charge is -2.24. The summed E-state index contributed by atoms with van der Waals surface area (Å²) in [5.74, 6) is -0.111. The number of nitrogens with one attached hydrogen (secondary N) is 1. The van der Waals surface area contributed by atoms with Crippen LogP contribution in [-0.2, 0) is 16.0 Å². The predicted octanol–water partition coefficient (Wildman–Crippen LogP) is 1.24. The summed E-state index contributed by atoms with van der Waals surface area (Å²) in [5, 5.41) is 2.90. The second-order valence-corrected chi connectivity index (χ2v) is 5.42. The van der Waals surface area contributed by atoms with Crippen LogP contribution in [0.4, 0.5) is 0 Å². The molecular formula is C15H22N2O2. The number of rotatable bonds is 5. The Morgan fingerprint density at radius 1 is 1.47 bits per heavy atom. The van der Waals surface area contributed by atoms with Crippen molar-refractivity contribution in [1.82, 2.24) is 5.32 Å². The normalized spacial score (nSPS) is 24.1. The molecule has 1 aromatic rings. The first-order valence-electron chi connectivity index (χ1n) is 6.80. The molecule has 0 aromatic heterocycles. The van der Waals surface area contributed by atoms with E-state index in [-0.39, 0.29) is 11.5 Å². The van der Waals surface area contributed by atoms with Crippen LogP contribution < -0.4 is 11.1 Å². The van der Waals surface area contributed by atoms with Crippen molar-refractivity contribution in [2.24, 2.45) is 5.73 Å². The van der Waals surface area contributed by atoms with Crippen molar-refractivity contribution in [3.63, 3.8) is 0 Å². The quantitative estimate of drug-likeness (QED) is 0.839. The predicted molar refractivity (Wildman–Crippen MR) is 74.7 cm³/mol. The highest BCUT2D eigenvalue weighted by atomic mass is 16.5. The Labute approximate surface area is 114 Å². The number of hydrogen-bond acceptors (Lipinski definition) is 3. The van der Waals surface area contributed by atoms with Crippen LogP contribution in [0, 0.1) is 0 Å². The minimum Gasteiger partial charge on any atom is -0.373 e. The molecule has 2 unspecified atom stereocenters. The Balaban J connectivity index is 1.79. The van der Waals surface area contributed by atoms with E-state index in [2.05, 4.69) is 5.32 Å². The number of ether oxygens (including phenoxy) is 1. The van der Waals surface area contributed by atoms with Crippen LogP contribution >= 0.6 is 0 Å². The fraction of sp³-hybridized carbons (Fsp3) is 0.533. The monoisotopic (exact) mass is 262 g/mol. The third kappa shape index (κ3) is 4.04. The standard InChI is InChI=1S/C15H22N2O2/c1-15(8-5-9-19-15)11-17-14(18)13(16)10-12-6-3-2-4-7-12/h2-4,6-7,13H,5,8-11,16H2,1H3,(H,17,18). The summed E-state index contributed by atoms with van der Waals surface area (Å²) in [4.78, 5) is 12.0. The third-order valence-electron chi connectivity index (χ3n) is 3.57. The molecule has 4 heteroatoms. The molecule has 1 amide bonds. The Morgan fingerprint density at radius 3 is 2.84 bits per heavy atom. The van der Waals surface area contributed by atoms with Gasteiger partial charge in [-0.05, 0) is 31.7 Å². The summed E-state index contributed by atoms with van der Waals surface area (Å²) >= 11 is 0. The highest BCUT2D eigenvalue weighted by molar-refractivity contribution is 5.81. The molecule has 0 radical (unpaired) electrons. The van der Waals surface area contributed by atoms with Gasteiger partial charge in [-0.2, -0.15) is 0 Å². The highest BCUT2D eigenvalue weighted by Gasteiger charge is 2.30. The lowest BCUT2D eigenvalue weighted by Crippen LogP contribution is -2.47. The zero-order valence-electron chi connectivity index (χ0n) is 11.4. The maximum atomic E-state index is 12.0. The smallest absolute Gasteiger partial charge is 0.237 e. The lowest BCUT2D eigenvalue weighted by molar-refractivity contribution is -0.123. The van der Waals surface area contributed by atoms with Crippen molar-refractivity contribution in [1.29, 1.82) is 0 Å². The van der Waals surface area contributed by atoms with Crippen molar-refractivity contribution in [3.8, 4) is 0 Å². The van der Waals surface area contributed by atoms with Crippen LogP contribution in [0.1, 0.15) is 25.3 Å². The van der Waals surface area contributed by atoms with Gasteiger partial charge < -0.3 is 15.8 Å². The van der Waals surface area contributed by atoms with Crippen LogP contribution in [-0.4, -0.2) is 30.7 Å². The van der Waals surface area contributed by atoms with Gasteiger partial charge in [-0.25, -0.2) is 0 Å². The average Bonchev–Trinajstić information content (AvgIpc) is 2.84. The van der Waals surface area contributed by atoms with Crippen LogP contribution in [0.2, 0.25) is 0 Å². The minimum absolute atomic E-state index is 0.111. The SMILES string of the molecule is CC1(CNC(=O)C(N)Cc2ccccc2)CCCO1. The number of nitrogens with two attached hydrogens (primary N) is 1. The van der Waals surface area contributed by atoms with E-state index >= 15 is 0 Å². The van der Waals surface area contributed by atoms with Gasteiger partial charge in [-0.3, -0.25) is 4.79 Å². The molecule has 2 rings (SSSR count). The van der Waals surface area contributed by atoms with E-state index in [4.69, 9.17) is 10.5 Å². The van der Waals surface area contributed by atoms with Crippen molar-refractivity contribution in [2.45, 2.75) is 37.8 Å². The van der Waals surface area contributed by atoms with Gasteiger partial charge in [0.2, 0.25) is 5.91 Å². The summed E-state index contributed by atoms with van der Waals surface area (Å²) in [6.07, 6.45) is 2.61. The molecule has 104 valence electrons. The van der Waals surface area contributed by atoms with Gasteiger partial charge in [-0.1, -0.05) is 30.3 Å². The maximum Gasteiger partial charge on any atom is 0.237 e. The first kappa shape index (κ1) is 14.0. The van der Waals surface area contributed by atoms with Crippen LogP contribution in [0.25, 0.3) is 0 Å². The minimum atomic E-state index is -0.507. The van der Waals surface area contributed by atoms with Gasteiger partial charge in [0.1, 0.15) is 0 Å². The molecule has 0 spiro atoms. The molecule has 1 aromatic carbocycles. The molecule has 2 atom stereocenters. The van der Waals surface area contributed by atoms with Gasteiger partial charge in [0, 0.05) is 13.2 Å². The van der Waals surface area contributed by atoms with E-state index in [0.717, 1.165) is 25.0 Å². The second-order valence-electron chi connectivity index (χ2n) is 5.42. The summed E-state index contributed by atoms with van der Waals surface area (Å²) in [6, 6.07) is 9.31. The Morgan fingerprint density at radius 2 is 2.21 bits per heavy atom. The molecule has 19 heavy (non-hydrogen) atoms. The van der Waals surface area contributed by atoms with E-state index in [0.29, 0.717) is 13.0 Å². The van der Waals surface area contributed by atoms with Crippen molar-refractivity contribution >= 4 is 5.91 Å². The maximum absolute atomic E-state index is 12.0. The fourth-order valence-corrected chi connectivity index (χ4v) is 2.34. The molecule has 1 aliphatic heterocycles. The summed E-state index contributed by atoms with van der Waals surface area (Å²) < 4.78 is 5.63. The van der Waals surface area contributed by atoms with Gasteiger partial charge in [-0.15, -0.1) is 0 Å². The topological polar surface area (TPSA) is 64.4 Å². The molecule has 3 N–H and O–H groups in total. The molecule has 1 fully saturated rings.